The normalized spacial score (nSPS) is 16.9. The number of benzene rings is 2. The highest BCUT2D eigenvalue weighted by molar-refractivity contribution is 6.01. The minimum atomic E-state index is -0.128. The summed E-state index contributed by atoms with van der Waals surface area (Å²) < 4.78 is 19.8. The molecule has 1 aromatic heterocycles. The van der Waals surface area contributed by atoms with Gasteiger partial charge in [-0.15, -0.1) is 0 Å². The van der Waals surface area contributed by atoms with Gasteiger partial charge in [0.2, 0.25) is 0 Å². The molecule has 1 saturated carbocycles. The molecule has 35 heavy (non-hydrogen) atoms. The minimum Gasteiger partial charge on any atom is -0.490 e. The molecule has 0 radical (unpaired) electrons. The number of hydrogen-bond donors (Lipinski definition) is 2. The van der Waals surface area contributed by atoms with Gasteiger partial charge in [-0.25, -0.2) is 0 Å². The van der Waals surface area contributed by atoms with E-state index in [4.69, 9.17) is 19.9 Å². The quantitative estimate of drug-likeness (QED) is 0.473. The van der Waals surface area contributed by atoms with Crippen molar-refractivity contribution in [2.24, 2.45) is 0 Å². The number of nitrogens with two attached hydrogens (primary N) is 1. The Balaban J connectivity index is 1.43. The molecule has 0 bridgehead atoms. The number of carbonyl (C=O) groups is 1. The fraction of sp³-hybridized carbons (Fsp3) is 0.464. The van der Waals surface area contributed by atoms with E-state index in [0.29, 0.717) is 11.8 Å². The van der Waals surface area contributed by atoms with E-state index in [1.165, 1.54) is 6.42 Å². The number of amides is 1. The number of nitrogens with one attached hydrogen (secondary N) is 1. The summed E-state index contributed by atoms with van der Waals surface area (Å²) in [6.45, 7) is 5.36. The number of anilines is 1. The molecule has 0 atom stereocenters. The first-order valence-electron chi connectivity index (χ1n) is 12.7. The number of hydrogen-bond acceptors (Lipinski definition) is 5. The Morgan fingerprint density at radius 2 is 1.80 bits per heavy atom. The van der Waals surface area contributed by atoms with Gasteiger partial charge in [-0.3, -0.25) is 4.79 Å². The average molecular weight is 478 g/mol. The highest BCUT2D eigenvalue weighted by Crippen LogP contribution is 2.45. The summed E-state index contributed by atoms with van der Waals surface area (Å²) in [4.78, 5) is 11.9. The van der Waals surface area contributed by atoms with Crippen LogP contribution in [0.1, 0.15) is 52.0 Å². The van der Waals surface area contributed by atoms with Gasteiger partial charge in [-0.2, -0.15) is 0 Å². The minimum absolute atomic E-state index is 0.00209. The smallest absolute Gasteiger partial charge is 0.258 e. The van der Waals surface area contributed by atoms with Crippen molar-refractivity contribution in [2.75, 3.05) is 25.6 Å². The molecular weight excluding hydrogens is 442 g/mol. The number of ether oxygens (including phenoxy) is 3. The van der Waals surface area contributed by atoms with E-state index in [1.54, 1.807) is 0 Å². The summed E-state index contributed by atoms with van der Waals surface area (Å²) in [6, 6.07) is 14.6. The summed E-state index contributed by atoms with van der Waals surface area (Å²) in [5.41, 5.74) is 10.7. The predicted octanol–water partition coefficient (Wildman–Crippen LogP) is 5.08. The lowest BCUT2D eigenvalue weighted by Gasteiger charge is -2.30. The van der Waals surface area contributed by atoms with Crippen molar-refractivity contribution < 1.29 is 19.0 Å². The van der Waals surface area contributed by atoms with Gasteiger partial charge >= 0.3 is 0 Å². The first-order chi connectivity index (χ1) is 17.0. The van der Waals surface area contributed by atoms with Crippen molar-refractivity contribution in [1.82, 2.24) is 9.88 Å². The molecule has 1 saturated heterocycles. The van der Waals surface area contributed by atoms with Crippen LogP contribution < -0.4 is 20.5 Å². The van der Waals surface area contributed by atoms with E-state index in [1.807, 2.05) is 44.2 Å². The van der Waals surface area contributed by atoms with E-state index in [-0.39, 0.29) is 24.7 Å². The number of aromatic nitrogens is 1. The van der Waals surface area contributed by atoms with Crippen LogP contribution in [0.25, 0.3) is 22.2 Å². The van der Waals surface area contributed by atoms with Gasteiger partial charge in [0.1, 0.15) is 17.6 Å². The molecule has 3 N–H and O–H groups in total. The Bertz CT molecular complexity index is 1180. The summed E-state index contributed by atoms with van der Waals surface area (Å²) >= 11 is 0. The van der Waals surface area contributed by atoms with Crippen molar-refractivity contribution in [2.45, 2.75) is 64.1 Å². The highest BCUT2D eigenvalue weighted by Gasteiger charge is 2.27. The highest BCUT2D eigenvalue weighted by atomic mass is 16.5. The zero-order valence-corrected chi connectivity index (χ0v) is 20.6. The monoisotopic (exact) mass is 477 g/mol. The average Bonchev–Trinajstić information content (AvgIpc) is 3.09. The molecule has 0 unspecified atom stereocenters. The number of nitrogen functional groups attached to an aromatic ring is 1. The van der Waals surface area contributed by atoms with Gasteiger partial charge in [0, 0.05) is 41.9 Å². The third kappa shape index (κ3) is 5.10. The second-order valence-corrected chi connectivity index (χ2v) is 9.86. The fourth-order valence-electron chi connectivity index (χ4n) is 4.92. The first-order valence-corrected chi connectivity index (χ1v) is 12.7. The Morgan fingerprint density at radius 1 is 1.09 bits per heavy atom. The number of nitrogens with zero attached hydrogens (tertiary/aromatic N) is 1. The molecular formula is C28H35N3O4. The number of fused-ring (bicyclic) bond motifs is 1. The molecule has 1 aliphatic carbocycles. The van der Waals surface area contributed by atoms with Crippen LogP contribution >= 0.6 is 0 Å². The molecule has 7 nitrogen and oxygen atoms in total. The van der Waals surface area contributed by atoms with Crippen LogP contribution in [-0.2, 0) is 9.53 Å². The maximum absolute atomic E-state index is 11.9. The maximum atomic E-state index is 11.9. The standard InChI is InChI=1S/C28H35N3O4/c1-18(2)30-26(32)17-34-21-8-6-19(7-9-21)28-27(29)24-11-10-23(35-22-12-14-33-15-13-22)16-25(24)31(28)20-4-3-5-20/h6-11,16,18,20,22H,3-5,12-15,17,29H2,1-2H3,(H,30,32). The van der Waals surface area contributed by atoms with E-state index < -0.39 is 0 Å². The predicted molar refractivity (Wildman–Crippen MR) is 138 cm³/mol. The molecule has 186 valence electrons. The van der Waals surface area contributed by atoms with E-state index in [0.717, 1.165) is 72.5 Å². The van der Waals surface area contributed by atoms with Crippen LogP contribution in [0.3, 0.4) is 0 Å². The van der Waals surface area contributed by atoms with Crippen LogP contribution in [0.5, 0.6) is 11.5 Å². The lowest BCUT2D eigenvalue weighted by Crippen LogP contribution is -2.34. The van der Waals surface area contributed by atoms with E-state index >= 15 is 0 Å². The van der Waals surface area contributed by atoms with Crippen molar-refractivity contribution in [3.63, 3.8) is 0 Å². The molecule has 3 aromatic rings. The lowest BCUT2D eigenvalue weighted by molar-refractivity contribution is -0.123. The summed E-state index contributed by atoms with van der Waals surface area (Å²) in [5.74, 6) is 1.42. The topological polar surface area (TPSA) is 87.7 Å². The van der Waals surface area contributed by atoms with E-state index in [2.05, 4.69) is 22.0 Å². The zero-order valence-electron chi connectivity index (χ0n) is 20.6. The van der Waals surface area contributed by atoms with Crippen LogP contribution in [-0.4, -0.2) is 42.4 Å². The zero-order chi connectivity index (χ0) is 24.4. The Kier molecular flexibility index (Phi) is 6.86. The van der Waals surface area contributed by atoms with Crippen molar-refractivity contribution >= 4 is 22.5 Å². The van der Waals surface area contributed by atoms with Crippen LogP contribution in [0, 0.1) is 0 Å². The summed E-state index contributed by atoms with van der Waals surface area (Å²) in [5, 5.41) is 3.89. The van der Waals surface area contributed by atoms with Crippen LogP contribution in [0.15, 0.2) is 42.5 Å². The fourth-order valence-corrected chi connectivity index (χ4v) is 4.92. The number of carbonyl (C=O) groups excluding carboxylic acids is 1. The SMILES string of the molecule is CC(C)NC(=O)COc1ccc(-c2c(N)c3ccc(OC4CCOCC4)cc3n2C2CCC2)cc1. The molecule has 7 heteroatoms. The van der Waals surface area contributed by atoms with Gasteiger partial charge in [-0.05, 0) is 69.5 Å². The Labute approximate surface area is 206 Å². The van der Waals surface area contributed by atoms with Crippen LogP contribution in [0.4, 0.5) is 5.69 Å². The third-order valence-corrected chi connectivity index (χ3v) is 6.87. The van der Waals surface area contributed by atoms with Crippen molar-refractivity contribution in [3.05, 3.63) is 42.5 Å². The van der Waals surface area contributed by atoms with Crippen LogP contribution in [0.2, 0.25) is 0 Å². The number of rotatable bonds is 8. The van der Waals surface area contributed by atoms with Crippen molar-refractivity contribution in [1.29, 1.82) is 0 Å². The molecule has 2 aliphatic rings. The summed E-state index contributed by atoms with van der Waals surface area (Å²) in [6.07, 6.45) is 5.56. The molecule has 2 heterocycles. The Morgan fingerprint density at radius 3 is 2.46 bits per heavy atom. The largest absolute Gasteiger partial charge is 0.490 e. The molecule has 2 aromatic carbocycles. The summed E-state index contributed by atoms with van der Waals surface area (Å²) in [7, 11) is 0. The second kappa shape index (κ2) is 10.2. The maximum Gasteiger partial charge on any atom is 0.258 e. The molecule has 2 fully saturated rings. The molecule has 0 spiro atoms. The Hall–Kier alpha value is -3.19. The molecule has 5 rings (SSSR count). The van der Waals surface area contributed by atoms with Crippen molar-refractivity contribution in [3.8, 4) is 22.8 Å². The van der Waals surface area contributed by atoms with Gasteiger partial charge in [-0.1, -0.05) is 0 Å². The molecule has 1 amide bonds. The van der Waals surface area contributed by atoms with Gasteiger partial charge < -0.3 is 29.8 Å². The van der Waals surface area contributed by atoms with Gasteiger partial charge in [0.25, 0.3) is 5.91 Å². The molecule has 1 aliphatic heterocycles. The second-order valence-electron chi connectivity index (χ2n) is 9.86. The lowest BCUT2D eigenvalue weighted by atomic mass is 9.92. The van der Waals surface area contributed by atoms with Gasteiger partial charge in [0.15, 0.2) is 6.61 Å². The third-order valence-electron chi connectivity index (χ3n) is 6.87. The first kappa shape index (κ1) is 23.5. The van der Waals surface area contributed by atoms with Gasteiger partial charge in [0.05, 0.1) is 30.1 Å². The van der Waals surface area contributed by atoms with E-state index in [9.17, 15) is 4.79 Å².